The predicted molar refractivity (Wildman–Crippen MR) is 114 cm³/mol. The van der Waals surface area contributed by atoms with E-state index in [0.717, 1.165) is 46.8 Å². The number of hydrogen-bond donors (Lipinski definition) is 1. The zero-order valence-corrected chi connectivity index (χ0v) is 15.5. The van der Waals surface area contributed by atoms with Gasteiger partial charge in [-0.05, 0) is 23.3 Å². The van der Waals surface area contributed by atoms with E-state index in [2.05, 4.69) is 58.8 Å². The number of furan rings is 1. The first-order chi connectivity index (χ1) is 12.9. The number of rotatable bonds is 3. The maximum atomic E-state index is 6.23. The summed E-state index contributed by atoms with van der Waals surface area (Å²) in [6.45, 7) is 1.71. The van der Waals surface area contributed by atoms with Gasteiger partial charge in [0.2, 0.25) is 0 Å². The fourth-order valence-corrected chi connectivity index (χ4v) is 3.55. The summed E-state index contributed by atoms with van der Waals surface area (Å²) in [6, 6.07) is 27.1. The maximum absolute atomic E-state index is 6.23. The minimum Gasteiger partial charge on any atom is -0.456 e. The lowest BCUT2D eigenvalue weighted by molar-refractivity contribution is 0.631. The van der Waals surface area contributed by atoms with E-state index in [1.165, 1.54) is 11.1 Å². The van der Waals surface area contributed by atoms with Gasteiger partial charge in [-0.2, -0.15) is 0 Å². The second-order valence-electron chi connectivity index (χ2n) is 6.40. The number of nitrogens with one attached hydrogen (secondary N) is 1. The van der Waals surface area contributed by atoms with E-state index in [9.17, 15) is 0 Å². The normalized spacial score (nSPS) is 13.1. The third kappa shape index (κ3) is 3.11. The first-order valence-corrected chi connectivity index (χ1v) is 8.86. The number of halogens is 1. The van der Waals surface area contributed by atoms with Crippen LogP contribution in [-0.2, 0) is 0 Å². The van der Waals surface area contributed by atoms with Gasteiger partial charge < -0.3 is 9.73 Å². The molecule has 1 aliphatic rings. The Labute approximate surface area is 164 Å². The van der Waals surface area contributed by atoms with Gasteiger partial charge in [0.1, 0.15) is 17.2 Å². The first kappa shape index (κ1) is 17.4. The van der Waals surface area contributed by atoms with Gasteiger partial charge in [0.05, 0.1) is 6.54 Å². The van der Waals surface area contributed by atoms with Gasteiger partial charge >= 0.3 is 0 Å². The maximum Gasteiger partial charge on any atom is 0.136 e. The summed E-state index contributed by atoms with van der Waals surface area (Å²) in [7, 11) is 0. The molecule has 1 aromatic heterocycles. The molecule has 4 aromatic rings. The molecular weight excluding hydrogens is 356 g/mol. The van der Waals surface area contributed by atoms with Crippen LogP contribution in [-0.4, -0.2) is 18.9 Å². The van der Waals surface area contributed by atoms with Crippen LogP contribution in [0.1, 0.15) is 5.56 Å². The molecule has 3 aromatic carbocycles. The Morgan fingerprint density at radius 2 is 1.52 bits per heavy atom. The molecule has 134 valence electrons. The number of hydrogen-bond acceptors (Lipinski definition) is 3. The number of fused-ring (bicyclic) bond motifs is 1. The van der Waals surface area contributed by atoms with Crippen molar-refractivity contribution >= 4 is 29.2 Å². The van der Waals surface area contributed by atoms with Crippen LogP contribution in [0, 0.1) is 0 Å². The Morgan fingerprint density at radius 3 is 2.30 bits per heavy atom. The van der Waals surface area contributed by atoms with E-state index in [-0.39, 0.29) is 12.4 Å². The van der Waals surface area contributed by atoms with Crippen molar-refractivity contribution in [2.45, 2.75) is 0 Å². The second kappa shape index (κ2) is 7.29. The summed E-state index contributed by atoms with van der Waals surface area (Å²) in [5.41, 5.74) is 5.44. The lowest BCUT2D eigenvalue weighted by Gasteiger charge is -2.07. The van der Waals surface area contributed by atoms with Crippen molar-refractivity contribution in [2.75, 3.05) is 13.1 Å². The van der Waals surface area contributed by atoms with E-state index in [1.807, 2.05) is 30.3 Å². The van der Waals surface area contributed by atoms with Crippen LogP contribution in [0.2, 0.25) is 0 Å². The Hall–Kier alpha value is -3.04. The van der Waals surface area contributed by atoms with Crippen molar-refractivity contribution in [3.63, 3.8) is 0 Å². The van der Waals surface area contributed by atoms with Gasteiger partial charge in [-0.25, -0.2) is 0 Å². The van der Waals surface area contributed by atoms with Crippen molar-refractivity contribution in [3.05, 3.63) is 84.4 Å². The Kier molecular flexibility index (Phi) is 4.69. The number of aliphatic imine (C=N–C) groups is 1. The van der Waals surface area contributed by atoms with E-state index < -0.39 is 0 Å². The van der Waals surface area contributed by atoms with Gasteiger partial charge in [-0.3, -0.25) is 4.99 Å². The van der Waals surface area contributed by atoms with Gasteiger partial charge in [0.15, 0.2) is 0 Å². The molecule has 1 N–H and O–H groups in total. The van der Waals surface area contributed by atoms with Crippen LogP contribution >= 0.6 is 12.4 Å². The van der Waals surface area contributed by atoms with Crippen LogP contribution in [0.5, 0.6) is 0 Å². The number of amidine groups is 1. The molecule has 5 rings (SSSR count). The third-order valence-corrected chi connectivity index (χ3v) is 4.77. The topological polar surface area (TPSA) is 37.5 Å². The molecule has 0 bridgehead atoms. The molecule has 3 nitrogen and oxygen atoms in total. The molecule has 4 heteroatoms. The molecule has 0 saturated carbocycles. The molecular formula is C23H19ClN2O. The average molecular weight is 375 g/mol. The lowest BCUT2D eigenvalue weighted by Crippen LogP contribution is -2.20. The summed E-state index contributed by atoms with van der Waals surface area (Å²) in [5.74, 6) is 1.82. The lowest BCUT2D eigenvalue weighted by atomic mass is 10.0. The molecule has 0 unspecified atom stereocenters. The minimum atomic E-state index is 0. The van der Waals surface area contributed by atoms with Crippen LogP contribution in [0.4, 0.5) is 0 Å². The average Bonchev–Trinajstić information content (AvgIpc) is 3.38. The molecule has 0 radical (unpaired) electrons. The van der Waals surface area contributed by atoms with E-state index in [1.54, 1.807) is 0 Å². The zero-order valence-electron chi connectivity index (χ0n) is 14.7. The highest BCUT2D eigenvalue weighted by molar-refractivity contribution is 6.06. The Morgan fingerprint density at radius 1 is 0.778 bits per heavy atom. The summed E-state index contributed by atoms with van der Waals surface area (Å²) in [6.07, 6.45) is 0. The molecule has 0 saturated heterocycles. The minimum absolute atomic E-state index is 0. The first-order valence-electron chi connectivity index (χ1n) is 8.86. The van der Waals surface area contributed by atoms with Gasteiger partial charge in [0.25, 0.3) is 0 Å². The molecule has 0 atom stereocenters. The highest BCUT2D eigenvalue weighted by Gasteiger charge is 2.17. The largest absolute Gasteiger partial charge is 0.456 e. The van der Waals surface area contributed by atoms with Crippen molar-refractivity contribution < 1.29 is 4.42 Å². The molecule has 0 spiro atoms. The van der Waals surface area contributed by atoms with Crippen LogP contribution in [0.25, 0.3) is 33.4 Å². The fourth-order valence-electron chi connectivity index (χ4n) is 3.55. The van der Waals surface area contributed by atoms with Crippen LogP contribution in [0.3, 0.4) is 0 Å². The van der Waals surface area contributed by atoms with Gasteiger partial charge in [-0.15, -0.1) is 12.4 Å². The van der Waals surface area contributed by atoms with Crippen molar-refractivity contribution in [3.8, 4) is 22.5 Å². The number of benzene rings is 3. The highest BCUT2D eigenvalue weighted by atomic mass is 35.5. The summed E-state index contributed by atoms with van der Waals surface area (Å²) in [4.78, 5) is 4.58. The second-order valence-corrected chi connectivity index (χ2v) is 6.40. The van der Waals surface area contributed by atoms with Gasteiger partial charge in [-0.1, -0.05) is 66.7 Å². The molecule has 2 heterocycles. The zero-order chi connectivity index (χ0) is 17.3. The van der Waals surface area contributed by atoms with E-state index in [0.29, 0.717) is 0 Å². The smallest absolute Gasteiger partial charge is 0.136 e. The molecule has 27 heavy (non-hydrogen) atoms. The summed E-state index contributed by atoms with van der Waals surface area (Å²) in [5, 5.41) is 4.49. The standard InChI is InChI=1S/C23H18N2O.ClH/c1-2-7-16(8-3-1)17-11-6-12-21-20(17)15-22(26-21)18-9-4-5-10-19(18)23-24-13-14-25-23;/h1-12,15H,13-14H2,(H,24,25);1H. The van der Waals surface area contributed by atoms with Crippen molar-refractivity contribution in [1.82, 2.24) is 5.32 Å². The molecule has 0 aliphatic carbocycles. The SMILES string of the molecule is Cl.c1ccc(-c2cccc3oc(-c4ccccc4C4=NCCN4)cc23)cc1. The quantitative estimate of drug-likeness (QED) is 0.511. The van der Waals surface area contributed by atoms with Crippen LogP contribution < -0.4 is 5.32 Å². The Bertz CT molecular complexity index is 1120. The summed E-state index contributed by atoms with van der Waals surface area (Å²) < 4.78 is 6.23. The van der Waals surface area contributed by atoms with Crippen molar-refractivity contribution in [1.29, 1.82) is 0 Å². The predicted octanol–water partition coefficient (Wildman–Crippen LogP) is 5.54. The highest BCUT2D eigenvalue weighted by Crippen LogP contribution is 2.35. The van der Waals surface area contributed by atoms with Crippen molar-refractivity contribution in [2.24, 2.45) is 4.99 Å². The molecule has 0 fully saturated rings. The van der Waals surface area contributed by atoms with Crippen LogP contribution in [0.15, 0.2) is 88.3 Å². The molecule has 0 amide bonds. The van der Waals surface area contributed by atoms with E-state index in [4.69, 9.17) is 4.42 Å². The third-order valence-electron chi connectivity index (χ3n) is 4.77. The molecule has 1 aliphatic heterocycles. The number of nitrogens with zero attached hydrogens (tertiary/aromatic N) is 1. The van der Waals surface area contributed by atoms with E-state index >= 15 is 0 Å². The van der Waals surface area contributed by atoms with Gasteiger partial charge in [0, 0.05) is 23.1 Å². The summed E-state index contributed by atoms with van der Waals surface area (Å²) >= 11 is 0. The Balaban J connectivity index is 0.00000180. The fraction of sp³-hybridized carbons (Fsp3) is 0.0870. The monoisotopic (exact) mass is 374 g/mol.